The Labute approximate surface area is 113 Å². The van der Waals surface area contributed by atoms with Crippen LogP contribution in [0.2, 0.25) is 0 Å². The number of unbranched alkanes of at least 4 members (excludes halogenated alkanes) is 1. The summed E-state index contributed by atoms with van der Waals surface area (Å²) in [6, 6.07) is 6.80. The fourth-order valence-corrected chi connectivity index (χ4v) is 1.51. The largest absolute Gasteiger partial charge is 0.389 e. The van der Waals surface area contributed by atoms with Crippen molar-refractivity contribution in [2.24, 2.45) is 5.73 Å². The van der Waals surface area contributed by atoms with Crippen LogP contribution in [0.5, 0.6) is 0 Å². The van der Waals surface area contributed by atoms with Gasteiger partial charge in [-0.1, -0.05) is 13.3 Å². The molecule has 0 spiro atoms. The maximum atomic E-state index is 10.9. The zero-order valence-electron chi connectivity index (χ0n) is 11.3. The molecule has 1 amide bonds. The predicted octanol–water partition coefficient (Wildman–Crippen LogP) is 1.38. The van der Waals surface area contributed by atoms with E-state index in [9.17, 15) is 9.90 Å². The Balaban J connectivity index is 2.25. The highest BCUT2D eigenvalue weighted by atomic mass is 16.5. The number of carbonyl (C=O) groups is 1. The summed E-state index contributed by atoms with van der Waals surface area (Å²) in [6.45, 7) is 3.51. The smallest absolute Gasteiger partial charge is 0.248 e. The summed E-state index contributed by atoms with van der Waals surface area (Å²) in [5, 5.41) is 12.8. The van der Waals surface area contributed by atoms with E-state index in [1.165, 1.54) is 0 Å². The average molecular weight is 266 g/mol. The van der Waals surface area contributed by atoms with Gasteiger partial charge in [-0.25, -0.2) is 0 Å². The molecule has 1 aromatic carbocycles. The molecule has 0 fully saturated rings. The van der Waals surface area contributed by atoms with Crippen LogP contribution >= 0.6 is 0 Å². The number of rotatable bonds is 9. The molecule has 5 nitrogen and oxygen atoms in total. The second-order valence-electron chi connectivity index (χ2n) is 4.40. The standard InChI is InChI=1S/C14H22N2O3/c1-2-3-8-19-10-13(17)9-16-12-6-4-11(5-7-12)14(15)18/h4-7,13,16-17H,2-3,8-10H2,1H3,(H2,15,18). The molecule has 0 radical (unpaired) electrons. The first-order valence-corrected chi connectivity index (χ1v) is 6.53. The highest BCUT2D eigenvalue weighted by molar-refractivity contribution is 5.93. The number of nitrogens with two attached hydrogens (primary N) is 1. The van der Waals surface area contributed by atoms with E-state index in [1.807, 2.05) is 0 Å². The molecule has 0 aromatic heterocycles. The molecular weight excluding hydrogens is 244 g/mol. The minimum absolute atomic E-state index is 0.326. The lowest BCUT2D eigenvalue weighted by molar-refractivity contribution is 0.0422. The predicted molar refractivity (Wildman–Crippen MR) is 75.2 cm³/mol. The summed E-state index contributed by atoms with van der Waals surface area (Å²) in [5.41, 5.74) is 6.45. The minimum atomic E-state index is -0.548. The number of amides is 1. The van der Waals surface area contributed by atoms with Crippen molar-refractivity contribution in [1.82, 2.24) is 0 Å². The van der Waals surface area contributed by atoms with Gasteiger partial charge in [0.05, 0.1) is 12.7 Å². The number of aliphatic hydroxyl groups excluding tert-OH is 1. The molecular formula is C14H22N2O3. The zero-order chi connectivity index (χ0) is 14.1. The van der Waals surface area contributed by atoms with E-state index in [0.717, 1.165) is 18.5 Å². The van der Waals surface area contributed by atoms with Crippen LogP contribution in [0.15, 0.2) is 24.3 Å². The Kier molecular flexibility index (Phi) is 6.92. The third kappa shape index (κ3) is 6.22. The average Bonchev–Trinajstić information content (AvgIpc) is 2.42. The van der Waals surface area contributed by atoms with Crippen molar-refractivity contribution in [3.05, 3.63) is 29.8 Å². The van der Waals surface area contributed by atoms with Crippen LogP contribution in [0.1, 0.15) is 30.1 Å². The van der Waals surface area contributed by atoms with Crippen LogP contribution in [0, 0.1) is 0 Å². The molecule has 0 aliphatic heterocycles. The quantitative estimate of drug-likeness (QED) is 0.589. The first-order chi connectivity index (χ1) is 9.13. The van der Waals surface area contributed by atoms with Crippen LogP contribution < -0.4 is 11.1 Å². The molecule has 1 unspecified atom stereocenters. The van der Waals surface area contributed by atoms with Crippen molar-refractivity contribution >= 4 is 11.6 Å². The molecule has 4 N–H and O–H groups in total. The Hall–Kier alpha value is -1.59. The first kappa shape index (κ1) is 15.5. The molecule has 1 aromatic rings. The number of primary amides is 1. The van der Waals surface area contributed by atoms with Gasteiger partial charge in [0.25, 0.3) is 0 Å². The number of carbonyl (C=O) groups excluding carboxylic acids is 1. The van der Waals surface area contributed by atoms with Gasteiger partial charge in [0.2, 0.25) is 5.91 Å². The second kappa shape index (κ2) is 8.50. The van der Waals surface area contributed by atoms with Crippen LogP contribution in [-0.2, 0) is 4.74 Å². The van der Waals surface area contributed by atoms with E-state index in [2.05, 4.69) is 12.2 Å². The van der Waals surface area contributed by atoms with Gasteiger partial charge < -0.3 is 20.9 Å². The zero-order valence-corrected chi connectivity index (χ0v) is 11.3. The van der Waals surface area contributed by atoms with Gasteiger partial charge in [-0.2, -0.15) is 0 Å². The van der Waals surface area contributed by atoms with Gasteiger partial charge in [0, 0.05) is 24.4 Å². The van der Waals surface area contributed by atoms with Gasteiger partial charge >= 0.3 is 0 Å². The third-order valence-corrected chi connectivity index (χ3v) is 2.66. The Morgan fingerprint density at radius 1 is 1.42 bits per heavy atom. The van der Waals surface area contributed by atoms with E-state index in [0.29, 0.717) is 25.3 Å². The number of ether oxygens (including phenoxy) is 1. The summed E-state index contributed by atoms with van der Waals surface area (Å²) in [7, 11) is 0. The van der Waals surface area contributed by atoms with Crippen molar-refractivity contribution in [2.45, 2.75) is 25.9 Å². The first-order valence-electron chi connectivity index (χ1n) is 6.53. The van der Waals surface area contributed by atoms with Gasteiger partial charge in [-0.3, -0.25) is 4.79 Å². The Morgan fingerprint density at radius 2 is 2.11 bits per heavy atom. The monoisotopic (exact) mass is 266 g/mol. The van der Waals surface area contributed by atoms with Crippen molar-refractivity contribution in [1.29, 1.82) is 0 Å². The molecule has 1 rings (SSSR count). The topological polar surface area (TPSA) is 84.6 Å². The maximum absolute atomic E-state index is 10.9. The molecule has 0 saturated carbocycles. The van der Waals surface area contributed by atoms with Crippen LogP contribution in [-0.4, -0.2) is 36.9 Å². The lowest BCUT2D eigenvalue weighted by atomic mass is 10.2. The van der Waals surface area contributed by atoms with Gasteiger partial charge in [0.15, 0.2) is 0 Å². The summed E-state index contributed by atoms with van der Waals surface area (Å²) in [4.78, 5) is 10.9. The van der Waals surface area contributed by atoms with Crippen molar-refractivity contribution in [2.75, 3.05) is 25.1 Å². The molecule has 0 saturated heterocycles. The number of hydrogen-bond acceptors (Lipinski definition) is 4. The molecule has 19 heavy (non-hydrogen) atoms. The minimum Gasteiger partial charge on any atom is -0.389 e. The fraction of sp³-hybridized carbons (Fsp3) is 0.500. The lowest BCUT2D eigenvalue weighted by Crippen LogP contribution is -2.25. The maximum Gasteiger partial charge on any atom is 0.248 e. The van der Waals surface area contributed by atoms with Crippen LogP contribution in [0.3, 0.4) is 0 Å². The molecule has 106 valence electrons. The molecule has 0 aliphatic rings. The van der Waals surface area contributed by atoms with Crippen molar-refractivity contribution < 1.29 is 14.6 Å². The molecule has 5 heteroatoms. The van der Waals surface area contributed by atoms with Gasteiger partial charge in [-0.05, 0) is 30.7 Å². The van der Waals surface area contributed by atoms with E-state index in [-0.39, 0.29) is 0 Å². The summed E-state index contributed by atoms with van der Waals surface area (Å²) < 4.78 is 5.32. The molecule has 0 heterocycles. The van der Waals surface area contributed by atoms with Crippen LogP contribution in [0.25, 0.3) is 0 Å². The molecule has 0 aliphatic carbocycles. The Morgan fingerprint density at radius 3 is 2.68 bits per heavy atom. The number of hydrogen-bond donors (Lipinski definition) is 3. The van der Waals surface area contributed by atoms with Gasteiger partial charge in [0.1, 0.15) is 0 Å². The van der Waals surface area contributed by atoms with E-state index >= 15 is 0 Å². The van der Waals surface area contributed by atoms with Gasteiger partial charge in [-0.15, -0.1) is 0 Å². The highest BCUT2D eigenvalue weighted by Gasteiger charge is 2.04. The number of benzene rings is 1. The third-order valence-electron chi connectivity index (χ3n) is 2.66. The van der Waals surface area contributed by atoms with Crippen molar-refractivity contribution in [3.8, 4) is 0 Å². The number of nitrogens with one attached hydrogen (secondary N) is 1. The van der Waals surface area contributed by atoms with E-state index < -0.39 is 12.0 Å². The number of aliphatic hydroxyl groups is 1. The lowest BCUT2D eigenvalue weighted by Gasteiger charge is -2.13. The normalized spacial score (nSPS) is 12.1. The summed E-state index contributed by atoms with van der Waals surface area (Å²) in [5.74, 6) is -0.448. The molecule has 0 bridgehead atoms. The molecule has 1 atom stereocenters. The fourth-order valence-electron chi connectivity index (χ4n) is 1.51. The van der Waals surface area contributed by atoms with Crippen molar-refractivity contribution in [3.63, 3.8) is 0 Å². The second-order valence-corrected chi connectivity index (χ2v) is 4.40. The number of anilines is 1. The SMILES string of the molecule is CCCCOCC(O)CNc1ccc(C(N)=O)cc1. The summed E-state index contributed by atoms with van der Waals surface area (Å²) >= 11 is 0. The van der Waals surface area contributed by atoms with Crippen LogP contribution in [0.4, 0.5) is 5.69 Å². The van der Waals surface area contributed by atoms with E-state index in [1.54, 1.807) is 24.3 Å². The van der Waals surface area contributed by atoms with E-state index in [4.69, 9.17) is 10.5 Å². The Bertz CT molecular complexity index is 379. The summed E-state index contributed by atoms with van der Waals surface area (Å²) in [6.07, 6.45) is 1.54. The highest BCUT2D eigenvalue weighted by Crippen LogP contribution is 2.09.